The Morgan fingerprint density at radius 3 is 2.40 bits per heavy atom. The molecule has 1 atom stereocenters. The molecule has 0 fully saturated rings. The van der Waals surface area contributed by atoms with Gasteiger partial charge in [-0.1, -0.05) is 60.7 Å². The molecular weight excluding hydrogens is 310 g/mol. The van der Waals surface area contributed by atoms with Crippen LogP contribution < -0.4 is 5.32 Å². The van der Waals surface area contributed by atoms with E-state index in [1.807, 2.05) is 54.6 Å². The van der Waals surface area contributed by atoms with Crippen molar-refractivity contribution in [2.75, 3.05) is 0 Å². The van der Waals surface area contributed by atoms with Gasteiger partial charge in [-0.05, 0) is 47.7 Å². The molecule has 0 unspecified atom stereocenters. The minimum absolute atomic E-state index is 0.206. The Bertz CT molecular complexity index is 858. The maximum atomic E-state index is 12.4. The van der Waals surface area contributed by atoms with E-state index in [-0.39, 0.29) is 5.91 Å². The number of carbonyl (C=O) groups excluding carboxylic acids is 2. The van der Waals surface area contributed by atoms with E-state index in [0.29, 0.717) is 12.0 Å². The van der Waals surface area contributed by atoms with E-state index in [0.717, 1.165) is 29.9 Å². The predicted octanol–water partition coefficient (Wildman–Crippen LogP) is 4.16. The molecule has 0 radical (unpaired) electrons. The summed E-state index contributed by atoms with van der Waals surface area (Å²) in [7, 11) is 0. The average molecular weight is 331 g/mol. The maximum Gasteiger partial charge on any atom is 0.251 e. The summed E-state index contributed by atoms with van der Waals surface area (Å²) in [5.74, 6) is -0.206. The Morgan fingerprint density at radius 2 is 1.64 bits per heavy atom. The molecule has 1 amide bonds. The summed E-state index contributed by atoms with van der Waals surface area (Å²) < 4.78 is 0. The highest BCUT2D eigenvalue weighted by molar-refractivity contribution is 5.99. The summed E-state index contributed by atoms with van der Waals surface area (Å²) in [4.78, 5) is 23.7. The number of rotatable bonds is 7. The van der Waals surface area contributed by atoms with E-state index in [2.05, 4.69) is 17.4 Å². The van der Waals surface area contributed by atoms with Gasteiger partial charge >= 0.3 is 0 Å². The fourth-order valence-electron chi connectivity index (χ4n) is 2.93. The van der Waals surface area contributed by atoms with Crippen LogP contribution in [0.1, 0.15) is 28.8 Å². The number of amides is 1. The first-order valence-corrected chi connectivity index (χ1v) is 8.55. The molecule has 0 bridgehead atoms. The molecule has 0 aliphatic rings. The van der Waals surface area contributed by atoms with Crippen LogP contribution in [-0.2, 0) is 11.2 Å². The highest BCUT2D eigenvalue weighted by Gasteiger charge is 2.13. The molecule has 3 aromatic rings. The van der Waals surface area contributed by atoms with Gasteiger partial charge < -0.3 is 10.1 Å². The number of aryl methyl sites for hydroxylation is 1. The van der Waals surface area contributed by atoms with E-state index < -0.39 is 6.04 Å². The lowest BCUT2D eigenvalue weighted by atomic mass is 10.0. The van der Waals surface area contributed by atoms with E-state index in [1.165, 1.54) is 5.56 Å². The Labute approximate surface area is 147 Å². The minimum Gasteiger partial charge on any atom is -0.343 e. The van der Waals surface area contributed by atoms with Gasteiger partial charge in [-0.15, -0.1) is 0 Å². The minimum atomic E-state index is -0.456. The maximum absolute atomic E-state index is 12.4. The van der Waals surface area contributed by atoms with Crippen LogP contribution in [0, 0.1) is 0 Å². The zero-order chi connectivity index (χ0) is 17.5. The largest absolute Gasteiger partial charge is 0.343 e. The van der Waals surface area contributed by atoms with E-state index >= 15 is 0 Å². The number of fused-ring (bicyclic) bond motifs is 1. The monoisotopic (exact) mass is 331 g/mol. The molecule has 25 heavy (non-hydrogen) atoms. The Kier molecular flexibility index (Phi) is 5.57. The van der Waals surface area contributed by atoms with Gasteiger partial charge in [0.05, 0.1) is 6.04 Å². The fourth-order valence-corrected chi connectivity index (χ4v) is 2.93. The van der Waals surface area contributed by atoms with Crippen molar-refractivity contribution in [1.29, 1.82) is 0 Å². The molecule has 0 saturated heterocycles. The number of nitrogens with one attached hydrogen (secondary N) is 1. The van der Waals surface area contributed by atoms with Gasteiger partial charge in [-0.2, -0.15) is 0 Å². The van der Waals surface area contributed by atoms with Crippen LogP contribution in [0.2, 0.25) is 0 Å². The molecule has 126 valence electrons. The first-order chi connectivity index (χ1) is 12.3. The van der Waals surface area contributed by atoms with Gasteiger partial charge in [0, 0.05) is 5.56 Å². The molecule has 0 aliphatic carbocycles. The smallest absolute Gasteiger partial charge is 0.251 e. The number of hydrogen-bond acceptors (Lipinski definition) is 2. The lowest BCUT2D eigenvalue weighted by Crippen LogP contribution is -2.36. The van der Waals surface area contributed by atoms with Crippen LogP contribution >= 0.6 is 0 Å². The van der Waals surface area contributed by atoms with Crippen molar-refractivity contribution in [3.8, 4) is 0 Å². The normalized spacial score (nSPS) is 11.8. The summed E-state index contributed by atoms with van der Waals surface area (Å²) in [6, 6.07) is 23.2. The quantitative estimate of drug-likeness (QED) is 0.661. The predicted molar refractivity (Wildman–Crippen MR) is 101 cm³/mol. The van der Waals surface area contributed by atoms with Gasteiger partial charge in [-0.25, -0.2) is 0 Å². The summed E-state index contributed by atoms with van der Waals surface area (Å²) in [5.41, 5.74) is 1.82. The summed E-state index contributed by atoms with van der Waals surface area (Å²) in [5, 5.41) is 4.93. The number of aldehydes is 1. The van der Waals surface area contributed by atoms with E-state index in [4.69, 9.17) is 0 Å². The molecule has 3 heteroatoms. The van der Waals surface area contributed by atoms with Crippen molar-refractivity contribution in [1.82, 2.24) is 5.32 Å². The van der Waals surface area contributed by atoms with Gasteiger partial charge in [0.2, 0.25) is 0 Å². The van der Waals surface area contributed by atoms with Gasteiger partial charge in [0.1, 0.15) is 6.29 Å². The molecule has 1 N–H and O–H groups in total. The molecule has 0 aliphatic heterocycles. The SMILES string of the molecule is O=C[C@@H](CCCc1ccccc1)NC(=O)c1ccc2ccccc2c1. The second-order valence-corrected chi connectivity index (χ2v) is 6.16. The van der Waals surface area contributed by atoms with Gasteiger partial charge in [-0.3, -0.25) is 4.79 Å². The van der Waals surface area contributed by atoms with Crippen LogP contribution in [0.5, 0.6) is 0 Å². The van der Waals surface area contributed by atoms with Crippen LogP contribution in [0.15, 0.2) is 72.8 Å². The van der Waals surface area contributed by atoms with Crippen molar-refractivity contribution in [3.05, 3.63) is 83.9 Å². The van der Waals surface area contributed by atoms with Crippen molar-refractivity contribution in [3.63, 3.8) is 0 Å². The molecule has 3 aromatic carbocycles. The van der Waals surface area contributed by atoms with Crippen LogP contribution in [0.25, 0.3) is 10.8 Å². The first-order valence-electron chi connectivity index (χ1n) is 8.55. The Balaban J connectivity index is 1.58. The molecular formula is C22H21NO2. The summed E-state index contributed by atoms with van der Waals surface area (Å²) in [6.45, 7) is 0. The Hall–Kier alpha value is -2.94. The third-order valence-electron chi connectivity index (χ3n) is 4.32. The zero-order valence-electron chi connectivity index (χ0n) is 14.0. The second-order valence-electron chi connectivity index (χ2n) is 6.16. The number of benzene rings is 3. The molecule has 0 heterocycles. The third kappa shape index (κ3) is 4.54. The number of hydrogen-bond donors (Lipinski definition) is 1. The molecule has 0 spiro atoms. The molecule has 0 aromatic heterocycles. The van der Waals surface area contributed by atoms with Crippen LogP contribution in [0.3, 0.4) is 0 Å². The van der Waals surface area contributed by atoms with Crippen molar-refractivity contribution in [2.45, 2.75) is 25.3 Å². The van der Waals surface area contributed by atoms with Crippen molar-refractivity contribution < 1.29 is 9.59 Å². The lowest BCUT2D eigenvalue weighted by molar-refractivity contribution is -0.109. The standard InChI is InChI=1S/C22H21NO2/c24-16-21(12-6-9-17-7-2-1-3-8-17)23-22(25)20-14-13-18-10-4-5-11-19(18)15-20/h1-5,7-8,10-11,13-16,21H,6,9,12H2,(H,23,25)/t21-/m1/s1. The van der Waals surface area contributed by atoms with Crippen molar-refractivity contribution in [2.24, 2.45) is 0 Å². The second kappa shape index (κ2) is 8.25. The zero-order valence-corrected chi connectivity index (χ0v) is 14.0. The van der Waals surface area contributed by atoms with Crippen LogP contribution in [-0.4, -0.2) is 18.2 Å². The molecule has 3 nitrogen and oxygen atoms in total. The highest BCUT2D eigenvalue weighted by atomic mass is 16.2. The van der Waals surface area contributed by atoms with Crippen molar-refractivity contribution >= 4 is 23.0 Å². The van der Waals surface area contributed by atoms with Gasteiger partial charge in [0.25, 0.3) is 5.91 Å². The van der Waals surface area contributed by atoms with E-state index in [1.54, 1.807) is 6.07 Å². The number of carbonyl (C=O) groups is 2. The Morgan fingerprint density at radius 1 is 0.920 bits per heavy atom. The fraction of sp³-hybridized carbons (Fsp3) is 0.182. The topological polar surface area (TPSA) is 46.2 Å². The summed E-state index contributed by atoms with van der Waals surface area (Å²) in [6.07, 6.45) is 3.21. The average Bonchev–Trinajstić information content (AvgIpc) is 2.67. The van der Waals surface area contributed by atoms with E-state index in [9.17, 15) is 9.59 Å². The van der Waals surface area contributed by atoms with Crippen LogP contribution in [0.4, 0.5) is 0 Å². The van der Waals surface area contributed by atoms with Gasteiger partial charge in [0.15, 0.2) is 0 Å². The first kappa shape index (κ1) is 16.9. The molecule has 3 rings (SSSR count). The summed E-state index contributed by atoms with van der Waals surface area (Å²) >= 11 is 0. The molecule has 0 saturated carbocycles. The third-order valence-corrected chi connectivity index (χ3v) is 4.32. The lowest BCUT2D eigenvalue weighted by Gasteiger charge is -2.13. The highest BCUT2D eigenvalue weighted by Crippen LogP contribution is 2.16.